The highest BCUT2D eigenvalue weighted by Crippen LogP contribution is 2.24. The number of hydrogen-bond acceptors (Lipinski definition) is 7. The number of aromatic nitrogens is 4. The molecule has 3 heterocycles. The lowest BCUT2D eigenvalue weighted by atomic mass is 10.1. The second kappa shape index (κ2) is 6.93. The van der Waals surface area contributed by atoms with Crippen molar-refractivity contribution in [2.24, 2.45) is 0 Å². The molecule has 0 bridgehead atoms. The van der Waals surface area contributed by atoms with Crippen LogP contribution in [0.25, 0.3) is 0 Å². The van der Waals surface area contributed by atoms with Gasteiger partial charge in [0, 0.05) is 18.9 Å². The van der Waals surface area contributed by atoms with Crippen molar-refractivity contribution in [2.45, 2.75) is 30.6 Å². The maximum atomic E-state index is 12.3. The predicted molar refractivity (Wildman–Crippen MR) is 89.3 cm³/mol. The number of hydrogen-bond donors (Lipinski definition) is 0. The van der Waals surface area contributed by atoms with E-state index in [0.717, 1.165) is 19.4 Å². The summed E-state index contributed by atoms with van der Waals surface area (Å²) in [4.78, 5) is 25.9. The van der Waals surface area contributed by atoms with Gasteiger partial charge in [0.15, 0.2) is 0 Å². The van der Waals surface area contributed by atoms with Crippen molar-refractivity contribution in [1.82, 2.24) is 25.1 Å². The molecular formula is C16H17N5O3S. The molecule has 1 aromatic carbocycles. The Hall–Kier alpha value is -2.26. The van der Waals surface area contributed by atoms with Crippen molar-refractivity contribution in [1.29, 1.82) is 0 Å². The molecule has 2 aliphatic rings. The molecule has 1 saturated heterocycles. The summed E-state index contributed by atoms with van der Waals surface area (Å²) in [5.41, 5.74) is 0.946. The number of benzene rings is 1. The summed E-state index contributed by atoms with van der Waals surface area (Å²) < 4.78 is 7.33. The maximum Gasteiger partial charge on any atom is 0.261 e. The van der Waals surface area contributed by atoms with E-state index < -0.39 is 0 Å². The Morgan fingerprint density at radius 3 is 2.64 bits per heavy atom. The highest BCUT2D eigenvalue weighted by atomic mass is 32.2. The first-order valence-corrected chi connectivity index (χ1v) is 9.18. The topological polar surface area (TPSA) is 90.2 Å². The molecule has 0 radical (unpaired) electrons. The van der Waals surface area contributed by atoms with Crippen molar-refractivity contribution in [3.8, 4) is 0 Å². The van der Waals surface area contributed by atoms with Gasteiger partial charge in [-0.05, 0) is 35.4 Å². The van der Waals surface area contributed by atoms with Gasteiger partial charge in [0.2, 0.25) is 5.16 Å². The van der Waals surface area contributed by atoms with E-state index in [4.69, 9.17) is 4.74 Å². The number of fused-ring (bicyclic) bond motifs is 1. The smallest absolute Gasteiger partial charge is 0.261 e. The van der Waals surface area contributed by atoms with Crippen molar-refractivity contribution in [3.05, 3.63) is 35.4 Å². The molecule has 9 heteroatoms. The van der Waals surface area contributed by atoms with Gasteiger partial charge < -0.3 is 4.74 Å². The van der Waals surface area contributed by atoms with Crippen LogP contribution in [0.4, 0.5) is 0 Å². The largest absolute Gasteiger partial charge is 0.376 e. The SMILES string of the molecule is O=C1c2ccccc2C(=O)N1CCSc1nnnn1C[C@H]1CCCO1. The van der Waals surface area contributed by atoms with Gasteiger partial charge in [0.05, 0.1) is 23.8 Å². The van der Waals surface area contributed by atoms with Crippen LogP contribution in [-0.4, -0.2) is 61.9 Å². The molecule has 0 unspecified atom stereocenters. The molecule has 1 atom stereocenters. The standard InChI is InChI=1S/C16H17N5O3S/c22-14-12-5-1-2-6-13(12)15(23)20(14)7-9-25-16-17-18-19-21(16)10-11-4-3-8-24-11/h1-2,5-6,11H,3-4,7-10H2/t11-/m1/s1. The summed E-state index contributed by atoms with van der Waals surface area (Å²) in [7, 11) is 0. The molecule has 130 valence electrons. The average molecular weight is 359 g/mol. The Labute approximate surface area is 148 Å². The van der Waals surface area contributed by atoms with E-state index in [1.54, 1.807) is 28.9 Å². The molecule has 1 fully saturated rings. The fourth-order valence-electron chi connectivity index (χ4n) is 3.07. The Bertz CT molecular complexity index is 768. The van der Waals surface area contributed by atoms with Crippen LogP contribution in [0, 0.1) is 0 Å². The summed E-state index contributed by atoms with van der Waals surface area (Å²) in [5, 5.41) is 12.4. The van der Waals surface area contributed by atoms with E-state index in [-0.39, 0.29) is 17.9 Å². The minimum atomic E-state index is -0.236. The molecule has 0 saturated carbocycles. The first-order chi connectivity index (χ1) is 12.2. The zero-order valence-corrected chi connectivity index (χ0v) is 14.3. The van der Waals surface area contributed by atoms with Gasteiger partial charge in [-0.15, -0.1) is 5.10 Å². The first-order valence-electron chi connectivity index (χ1n) is 8.20. The number of ether oxygens (including phenoxy) is 1. The van der Waals surface area contributed by atoms with Crippen LogP contribution < -0.4 is 0 Å². The number of rotatable bonds is 6. The number of tetrazole rings is 1. The van der Waals surface area contributed by atoms with Crippen LogP contribution >= 0.6 is 11.8 Å². The number of carbonyl (C=O) groups excluding carboxylic acids is 2. The van der Waals surface area contributed by atoms with Gasteiger partial charge in [-0.25, -0.2) is 4.68 Å². The van der Waals surface area contributed by atoms with Crippen molar-refractivity contribution in [2.75, 3.05) is 18.9 Å². The number of nitrogens with zero attached hydrogens (tertiary/aromatic N) is 5. The van der Waals surface area contributed by atoms with Crippen molar-refractivity contribution in [3.63, 3.8) is 0 Å². The highest BCUT2D eigenvalue weighted by molar-refractivity contribution is 7.99. The van der Waals surface area contributed by atoms with Gasteiger partial charge in [0.25, 0.3) is 11.8 Å². The Morgan fingerprint density at radius 2 is 1.96 bits per heavy atom. The summed E-state index contributed by atoms with van der Waals surface area (Å²) in [6.07, 6.45) is 2.23. The van der Waals surface area contributed by atoms with Gasteiger partial charge in [-0.1, -0.05) is 23.9 Å². The fourth-order valence-corrected chi connectivity index (χ4v) is 3.88. The van der Waals surface area contributed by atoms with Gasteiger partial charge in [0.1, 0.15) is 0 Å². The first kappa shape index (κ1) is 16.2. The van der Waals surface area contributed by atoms with Gasteiger partial charge >= 0.3 is 0 Å². The lowest BCUT2D eigenvalue weighted by Gasteiger charge is -2.13. The minimum absolute atomic E-state index is 0.152. The monoisotopic (exact) mass is 359 g/mol. The zero-order valence-electron chi connectivity index (χ0n) is 13.5. The van der Waals surface area contributed by atoms with Crippen LogP contribution in [-0.2, 0) is 11.3 Å². The Kier molecular flexibility index (Phi) is 4.50. The number of thioether (sulfide) groups is 1. The third kappa shape index (κ3) is 3.16. The number of imide groups is 1. The molecule has 4 rings (SSSR count). The fraction of sp³-hybridized carbons (Fsp3) is 0.438. The lowest BCUT2D eigenvalue weighted by molar-refractivity contribution is 0.0664. The van der Waals surface area contributed by atoms with E-state index in [2.05, 4.69) is 15.5 Å². The highest BCUT2D eigenvalue weighted by Gasteiger charge is 2.34. The molecule has 0 spiro atoms. The zero-order chi connectivity index (χ0) is 17.2. The third-order valence-electron chi connectivity index (χ3n) is 4.32. The lowest BCUT2D eigenvalue weighted by Crippen LogP contribution is -2.31. The molecule has 25 heavy (non-hydrogen) atoms. The normalized spacial score (nSPS) is 19.7. The molecule has 1 aromatic heterocycles. The van der Waals surface area contributed by atoms with Gasteiger partial charge in [-0.3, -0.25) is 14.5 Å². The summed E-state index contributed by atoms with van der Waals surface area (Å²) in [5.74, 6) is 0.0671. The third-order valence-corrected chi connectivity index (χ3v) is 5.26. The van der Waals surface area contributed by atoms with Crippen LogP contribution in [0.5, 0.6) is 0 Å². The average Bonchev–Trinajstić information content (AvgIpc) is 3.34. The van der Waals surface area contributed by atoms with E-state index in [9.17, 15) is 9.59 Å². The summed E-state index contributed by atoms with van der Waals surface area (Å²) in [6.45, 7) is 1.74. The summed E-state index contributed by atoms with van der Waals surface area (Å²) >= 11 is 1.43. The molecule has 2 aromatic rings. The van der Waals surface area contributed by atoms with E-state index in [1.807, 2.05) is 0 Å². The Morgan fingerprint density at radius 1 is 1.20 bits per heavy atom. The second-order valence-electron chi connectivity index (χ2n) is 5.93. The molecule has 2 aliphatic heterocycles. The molecule has 2 amide bonds. The second-order valence-corrected chi connectivity index (χ2v) is 7.00. The van der Waals surface area contributed by atoms with Crippen LogP contribution in [0.1, 0.15) is 33.6 Å². The summed E-state index contributed by atoms with van der Waals surface area (Å²) in [6, 6.07) is 6.90. The predicted octanol–water partition coefficient (Wildman–Crippen LogP) is 1.24. The van der Waals surface area contributed by atoms with Crippen LogP contribution in [0.3, 0.4) is 0 Å². The van der Waals surface area contributed by atoms with Gasteiger partial charge in [-0.2, -0.15) is 0 Å². The van der Waals surface area contributed by atoms with Crippen molar-refractivity contribution >= 4 is 23.6 Å². The minimum Gasteiger partial charge on any atom is -0.376 e. The van der Waals surface area contributed by atoms with E-state index in [1.165, 1.54) is 16.7 Å². The molecule has 0 N–H and O–H groups in total. The number of carbonyl (C=O) groups is 2. The number of amides is 2. The van der Waals surface area contributed by atoms with Crippen molar-refractivity contribution < 1.29 is 14.3 Å². The van der Waals surface area contributed by atoms with E-state index >= 15 is 0 Å². The van der Waals surface area contributed by atoms with E-state index in [0.29, 0.717) is 35.1 Å². The van der Waals surface area contributed by atoms with Crippen LogP contribution in [0.2, 0.25) is 0 Å². The Balaban J connectivity index is 1.35. The molecular weight excluding hydrogens is 342 g/mol. The maximum absolute atomic E-state index is 12.3. The molecule has 0 aliphatic carbocycles. The quantitative estimate of drug-likeness (QED) is 0.566. The van der Waals surface area contributed by atoms with Crippen LogP contribution in [0.15, 0.2) is 29.4 Å². The molecule has 8 nitrogen and oxygen atoms in total.